The van der Waals surface area contributed by atoms with Gasteiger partial charge in [0.05, 0.1) is 31.0 Å². The maximum Gasteiger partial charge on any atom is 0.414 e. The Bertz CT molecular complexity index is 696. The number of hydrogen-bond donors (Lipinski definition) is 1. The Morgan fingerprint density at radius 1 is 1.35 bits per heavy atom. The summed E-state index contributed by atoms with van der Waals surface area (Å²) in [6.45, 7) is 3.22. The highest BCUT2D eigenvalue weighted by Gasteiger charge is 2.34. The van der Waals surface area contributed by atoms with Crippen molar-refractivity contribution in [3.63, 3.8) is 0 Å². The van der Waals surface area contributed by atoms with E-state index in [0.717, 1.165) is 31.0 Å². The molecule has 0 spiro atoms. The van der Waals surface area contributed by atoms with E-state index in [1.54, 1.807) is 23.5 Å². The average molecular weight is 379 g/mol. The summed E-state index contributed by atoms with van der Waals surface area (Å²) in [6, 6.07) is 5.00. The Morgan fingerprint density at radius 2 is 2.27 bits per heavy atom. The highest BCUT2D eigenvalue weighted by molar-refractivity contribution is 7.99. The molecule has 3 aliphatic heterocycles. The molecule has 0 saturated carbocycles. The van der Waals surface area contributed by atoms with Gasteiger partial charge in [0.1, 0.15) is 11.9 Å². The monoisotopic (exact) mass is 379 g/mol. The van der Waals surface area contributed by atoms with Crippen LogP contribution in [0.3, 0.4) is 0 Å². The molecule has 9 heteroatoms. The van der Waals surface area contributed by atoms with Crippen LogP contribution in [0.2, 0.25) is 0 Å². The number of thioether (sulfide) groups is 1. The summed E-state index contributed by atoms with van der Waals surface area (Å²) >= 11 is 1.90. The van der Waals surface area contributed by atoms with Gasteiger partial charge in [-0.15, -0.1) is 0 Å². The number of nitrogens with one attached hydrogen (secondary N) is 1. The second kappa shape index (κ2) is 7.71. The van der Waals surface area contributed by atoms with Gasteiger partial charge in [0.25, 0.3) is 0 Å². The number of rotatable bonds is 4. The van der Waals surface area contributed by atoms with Crippen LogP contribution in [0.5, 0.6) is 0 Å². The van der Waals surface area contributed by atoms with Gasteiger partial charge in [-0.1, -0.05) is 0 Å². The summed E-state index contributed by atoms with van der Waals surface area (Å²) < 4.78 is 20.1. The van der Waals surface area contributed by atoms with Crippen molar-refractivity contribution in [2.24, 2.45) is 5.10 Å². The first-order chi connectivity index (χ1) is 12.7. The third kappa shape index (κ3) is 3.73. The Labute approximate surface area is 156 Å². The minimum atomic E-state index is -0.448. The van der Waals surface area contributed by atoms with E-state index in [-0.39, 0.29) is 11.9 Å². The van der Waals surface area contributed by atoms with Crippen molar-refractivity contribution in [2.75, 3.05) is 54.0 Å². The number of carbonyl (C=O) groups excluding carboxylic acids is 1. The Morgan fingerprint density at radius 3 is 3.08 bits per heavy atom. The van der Waals surface area contributed by atoms with E-state index in [1.807, 2.05) is 11.8 Å². The number of halogens is 1. The number of nitrogens with zero attached hydrogens (tertiary/aromatic N) is 4. The zero-order valence-electron chi connectivity index (χ0n) is 14.4. The van der Waals surface area contributed by atoms with Gasteiger partial charge in [0.15, 0.2) is 0 Å². The first-order valence-corrected chi connectivity index (χ1v) is 10.00. The molecule has 1 atom stereocenters. The Kier molecular flexibility index (Phi) is 5.16. The molecule has 1 N–H and O–H groups in total. The number of hydrazone groups is 1. The fraction of sp³-hybridized carbons (Fsp3) is 0.529. The standard InChI is InChI=1S/C17H22FN5O2S/c18-15-10-13(2-3-16(15)21-6-1-8-26-9-7-21)22-11-14(25-17(22)24)12-23-19-4-5-20-23/h2-4,10,14,20H,1,5-9,11-12H2/t14-/m1/s1. The largest absolute Gasteiger partial charge is 0.442 e. The molecule has 2 fully saturated rings. The molecule has 7 nitrogen and oxygen atoms in total. The number of hydrogen-bond acceptors (Lipinski definition) is 7. The van der Waals surface area contributed by atoms with Crippen molar-refractivity contribution >= 4 is 35.4 Å². The summed E-state index contributed by atoms with van der Waals surface area (Å²) in [6.07, 6.45) is 2.05. The van der Waals surface area contributed by atoms with Crippen LogP contribution in [0.25, 0.3) is 0 Å². The minimum Gasteiger partial charge on any atom is -0.442 e. The number of hydrazine groups is 1. The molecule has 1 amide bonds. The van der Waals surface area contributed by atoms with Crippen molar-refractivity contribution in [2.45, 2.75) is 12.5 Å². The van der Waals surface area contributed by atoms with Crippen molar-refractivity contribution in [3.05, 3.63) is 24.0 Å². The van der Waals surface area contributed by atoms with E-state index in [4.69, 9.17) is 4.74 Å². The zero-order chi connectivity index (χ0) is 17.9. The van der Waals surface area contributed by atoms with Gasteiger partial charge in [0, 0.05) is 25.1 Å². The van der Waals surface area contributed by atoms with Crippen LogP contribution in [0.15, 0.2) is 23.3 Å². The lowest BCUT2D eigenvalue weighted by Gasteiger charge is -2.24. The molecule has 0 unspecified atom stereocenters. The molecule has 26 heavy (non-hydrogen) atoms. The smallest absolute Gasteiger partial charge is 0.414 e. The summed E-state index contributed by atoms with van der Waals surface area (Å²) in [7, 11) is 0. The number of anilines is 2. The lowest BCUT2D eigenvalue weighted by Crippen LogP contribution is -2.37. The lowest BCUT2D eigenvalue weighted by molar-refractivity contribution is 0.0964. The normalized spacial score (nSPS) is 23.5. The van der Waals surface area contributed by atoms with Crippen LogP contribution in [0.4, 0.5) is 20.6 Å². The second-order valence-corrected chi connectivity index (χ2v) is 7.67. The van der Waals surface area contributed by atoms with Crippen LogP contribution >= 0.6 is 11.8 Å². The van der Waals surface area contributed by atoms with Crippen molar-refractivity contribution < 1.29 is 13.9 Å². The molecule has 0 aliphatic carbocycles. The highest BCUT2D eigenvalue weighted by atomic mass is 32.2. The first kappa shape index (κ1) is 17.4. The fourth-order valence-electron chi connectivity index (χ4n) is 3.37. The van der Waals surface area contributed by atoms with Gasteiger partial charge in [-0.3, -0.25) is 4.90 Å². The van der Waals surface area contributed by atoms with Crippen molar-refractivity contribution in [1.82, 2.24) is 10.5 Å². The Balaban J connectivity index is 1.44. The molecule has 140 valence electrons. The van der Waals surface area contributed by atoms with Crippen molar-refractivity contribution in [3.8, 4) is 0 Å². The lowest BCUT2D eigenvalue weighted by atomic mass is 10.2. The first-order valence-electron chi connectivity index (χ1n) is 8.84. The maximum absolute atomic E-state index is 14.7. The number of cyclic esters (lactones) is 1. The average Bonchev–Trinajstić information content (AvgIpc) is 3.17. The van der Waals surface area contributed by atoms with Gasteiger partial charge in [-0.2, -0.15) is 16.9 Å². The molecule has 0 bridgehead atoms. The predicted molar refractivity (Wildman–Crippen MR) is 101 cm³/mol. The zero-order valence-corrected chi connectivity index (χ0v) is 15.3. The fourth-order valence-corrected chi connectivity index (χ4v) is 4.25. The van der Waals surface area contributed by atoms with Crippen LogP contribution in [0, 0.1) is 5.82 Å². The van der Waals surface area contributed by atoms with Crippen LogP contribution in [0.1, 0.15) is 6.42 Å². The topological polar surface area (TPSA) is 60.4 Å². The third-order valence-electron chi connectivity index (χ3n) is 4.64. The predicted octanol–water partition coefficient (Wildman–Crippen LogP) is 1.90. The molecular formula is C17H22FN5O2S. The summed E-state index contributed by atoms with van der Waals surface area (Å²) in [5.41, 5.74) is 4.18. The van der Waals surface area contributed by atoms with Crippen LogP contribution in [-0.2, 0) is 4.74 Å². The van der Waals surface area contributed by atoms with E-state index in [1.165, 1.54) is 11.0 Å². The molecule has 0 aromatic heterocycles. The number of benzene rings is 1. The van der Waals surface area contributed by atoms with Crippen molar-refractivity contribution in [1.29, 1.82) is 0 Å². The van der Waals surface area contributed by atoms with Gasteiger partial charge in [-0.05, 0) is 30.4 Å². The SMILES string of the molecule is O=C1O[C@@H](CN2N=CCN2)CN1c1ccc(N2CCCSCC2)c(F)c1. The highest BCUT2D eigenvalue weighted by Crippen LogP contribution is 2.29. The number of carbonyl (C=O) groups is 1. The summed E-state index contributed by atoms with van der Waals surface area (Å²) in [5.74, 6) is 1.83. The quantitative estimate of drug-likeness (QED) is 0.862. The van der Waals surface area contributed by atoms with E-state index < -0.39 is 6.09 Å². The van der Waals surface area contributed by atoms with Gasteiger partial charge < -0.3 is 9.64 Å². The molecule has 1 aromatic carbocycles. The molecule has 4 rings (SSSR count). The minimum absolute atomic E-state index is 0.295. The van der Waals surface area contributed by atoms with Crippen LogP contribution in [-0.4, -0.2) is 67.8 Å². The van der Waals surface area contributed by atoms with Gasteiger partial charge in [0.2, 0.25) is 0 Å². The van der Waals surface area contributed by atoms with E-state index in [2.05, 4.69) is 15.4 Å². The van der Waals surface area contributed by atoms with E-state index >= 15 is 0 Å². The molecule has 0 radical (unpaired) electrons. The summed E-state index contributed by atoms with van der Waals surface area (Å²) in [5, 5.41) is 5.78. The molecule has 3 aliphatic rings. The van der Waals surface area contributed by atoms with E-state index in [9.17, 15) is 9.18 Å². The number of ether oxygens (including phenoxy) is 1. The van der Waals surface area contributed by atoms with Crippen LogP contribution < -0.4 is 15.2 Å². The molecular weight excluding hydrogens is 357 g/mol. The Hall–Kier alpha value is -2.00. The maximum atomic E-state index is 14.7. The molecule has 2 saturated heterocycles. The summed E-state index contributed by atoms with van der Waals surface area (Å²) in [4.78, 5) is 15.8. The second-order valence-electron chi connectivity index (χ2n) is 6.45. The molecule has 3 heterocycles. The van der Waals surface area contributed by atoms with Gasteiger partial charge >= 0.3 is 6.09 Å². The van der Waals surface area contributed by atoms with E-state index in [0.29, 0.717) is 31.0 Å². The molecule has 1 aromatic rings. The number of amides is 1. The third-order valence-corrected chi connectivity index (χ3v) is 5.69. The van der Waals surface area contributed by atoms with Gasteiger partial charge in [-0.25, -0.2) is 19.7 Å².